The van der Waals surface area contributed by atoms with Crippen LogP contribution < -0.4 is 5.73 Å². The topological polar surface area (TPSA) is 26.0 Å². The highest BCUT2D eigenvalue weighted by Crippen LogP contribution is 2.21. The summed E-state index contributed by atoms with van der Waals surface area (Å²) in [5.41, 5.74) is 7.02. The van der Waals surface area contributed by atoms with Crippen LogP contribution in [0.15, 0.2) is 24.3 Å². The van der Waals surface area contributed by atoms with Gasteiger partial charge in [0.05, 0.1) is 0 Å². The molecule has 0 fully saturated rings. The monoisotopic (exact) mass is 257 g/mol. The molecule has 0 heterocycles. The van der Waals surface area contributed by atoms with Gasteiger partial charge in [-0.15, -0.1) is 0 Å². The van der Waals surface area contributed by atoms with E-state index >= 15 is 0 Å². The smallest absolute Gasteiger partial charge is 0.0438 e. The molecular formula is C13H20ClNS. The molecule has 1 nitrogen and oxygen atoms in total. The van der Waals surface area contributed by atoms with E-state index in [2.05, 4.69) is 13.0 Å². The lowest BCUT2D eigenvalue weighted by Crippen LogP contribution is -2.17. The number of thioether (sulfide) groups is 1. The molecular weight excluding hydrogens is 238 g/mol. The van der Waals surface area contributed by atoms with Gasteiger partial charge in [-0.1, -0.05) is 36.7 Å². The van der Waals surface area contributed by atoms with E-state index in [4.69, 9.17) is 17.3 Å². The summed E-state index contributed by atoms with van der Waals surface area (Å²) < 4.78 is 0. The van der Waals surface area contributed by atoms with Crippen LogP contribution in [0.5, 0.6) is 0 Å². The highest BCUT2D eigenvalue weighted by molar-refractivity contribution is 7.99. The van der Waals surface area contributed by atoms with E-state index in [1.165, 1.54) is 23.5 Å². The third-order valence-electron chi connectivity index (χ3n) is 2.67. The Kier molecular flexibility index (Phi) is 6.93. The standard InChI is InChI=1S/C13H20ClNS/c1-2-16-8-7-11(10-15)9-12-5-3-4-6-13(12)14/h3-6,11H,2,7-10,15H2,1H3. The molecule has 0 aliphatic carbocycles. The molecule has 0 aliphatic heterocycles. The molecule has 0 aliphatic rings. The molecule has 0 spiro atoms. The van der Waals surface area contributed by atoms with Gasteiger partial charge in [0, 0.05) is 5.02 Å². The van der Waals surface area contributed by atoms with Gasteiger partial charge in [-0.25, -0.2) is 0 Å². The van der Waals surface area contributed by atoms with Crippen molar-refractivity contribution in [2.45, 2.75) is 19.8 Å². The summed E-state index contributed by atoms with van der Waals surface area (Å²) in [6.45, 7) is 2.94. The Morgan fingerprint density at radius 1 is 1.38 bits per heavy atom. The number of hydrogen-bond acceptors (Lipinski definition) is 2. The lowest BCUT2D eigenvalue weighted by Gasteiger charge is -2.15. The minimum Gasteiger partial charge on any atom is -0.330 e. The summed E-state index contributed by atoms with van der Waals surface area (Å²) in [7, 11) is 0. The maximum atomic E-state index is 6.14. The third-order valence-corrected chi connectivity index (χ3v) is 3.98. The Morgan fingerprint density at radius 2 is 2.12 bits per heavy atom. The summed E-state index contributed by atoms with van der Waals surface area (Å²) in [6.07, 6.45) is 2.18. The van der Waals surface area contributed by atoms with Crippen molar-refractivity contribution in [1.82, 2.24) is 0 Å². The molecule has 0 amide bonds. The van der Waals surface area contributed by atoms with Crippen molar-refractivity contribution in [3.05, 3.63) is 34.9 Å². The molecule has 1 atom stereocenters. The average Bonchev–Trinajstić information content (AvgIpc) is 2.30. The Morgan fingerprint density at radius 3 is 2.75 bits per heavy atom. The SMILES string of the molecule is CCSCCC(CN)Cc1ccccc1Cl. The second-order valence-corrected chi connectivity index (χ2v) is 5.68. The van der Waals surface area contributed by atoms with Crippen molar-refractivity contribution < 1.29 is 0 Å². The number of benzene rings is 1. The average molecular weight is 258 g/mol. The van der Waals surface area contributed by atoms with E-state index < -0.39 is 0 Å². The van der Waals surface area contributed by atoms with E-state index in [-0.39, 0.29) is 0 Å². The van der Waals surface area contributed by atoms with E-state index in [0.717, 1.165) is 18.0 Å². The van der Waals surface area contributed by atoms with Crippen molar-refractivity contribution in [1.29, 1.82) is 0 Å². The van der Waals surface area contributed by atoms with Crippen LogP contribution in [0, 0.1) is 5.92 Å². The van der Waals surface area contributed by atoms with Crippen LogP contribution in [-0.4, -0.2) is 18.1 Å². The highest BCUT2D eigenvalue weighted by Gasteiger charge is 2.09. The maximum Gasteiger partial charge on any atom is 0.0438 e. The molecule has 0 bridgehead atoms. The van der Waals surface area contributed by atoms with Crippen LogP contribution in [0.4, 0.5) is 0 Å². The quantitative estimate of drug-likeness (QED) is 0.756. The van der Waals surface area contributed by atoms with Crippen LogP contribution >= 0.6 is 23.4 Å². The van der Waals surface area contributed by atoms with Crippen molar-refractivity contribution in [2.75, 3.05) is 18.1 Å². The molecule has 0 saturated heterocycles. The number of nitrogens with two attached hydrogens (primary N) is 1. The zero-order valence-electron chi connectivity index (χ0n) is 9.79. The van der Waals surface area contributed by atoms with Gasteiger partial charge in [0.2, 0.25) is 0 Å². The van der Waals surface area contributed by atoms with Crippen LogP contribution in [0.2, 0.25) is 5.02 Å². The van der Waals surface area contributed by atoms with Crippen molar-refractivity contribution in [3.8, 4) is 0 Å². The Balaban J connectivity index is 2.46. The molecule has 1 aromatic carbocycles. The summed E-state index contributed by atoms with van der Waals surface area (Å²) >= 11 is 8.12. The third kappa shape index (κ3) is 4.77. The van der Waals surface area contributed by atoms with Crippen LogP contribution in [0.1, 0.15) is 18.9 Å². The van der Waals surface area contributed by atoms with Crippen molar-refractivity contribution in [2.24, 2.45) is 11.7 Å². The molecule has 1 unspecified atom stereocenters. The second kappa shape index (κ2) is 7.99. The first-order valence-electron chi connectivity index (χ1n) is 5.79. The lowest BCUT2D eigenvalue weighted by atomic mass is 9.97. The number of hydrogen-bond donors (Lipinski definition) is 1. The minimum absolute atomic E-state index is 0.555. The molecule has 1 rings (SSSR count). The van der Waals surface area contributed by atoms with Crippen LogP contribution in [-0.2, 0) is 6.42 Å². The Hall–Kier alpha value is -0.180. The lowest BCUT2D eigenvalue weighted by molar-refractivity contribution is 0.523. The summed E-state index contributed by atoms with van der Waals surface area (Å²) in [5.74, 6) is 2.94. The van der Waals surface area contributed by atoms with Gasteiger partial charge < -0.3 is 5.73 Å². The molecule has 16 heavy (non-hydrogen) atoms. The number of rotatable bonds is 7. The van der Waals surface area contributed by atoms with E-state index in [1.807, 2.05) is 30.0 Å². The number of halogens is 1. The fraction of sp³-hybridized carbons (Fsp3) is 0.538. The summed E-state index contributed by atoms with van der Waals surface area (Å²) in [4.78, 5) is 0. The van der Waals surface area contributed by atoms with Gasteiger partial charge in [-0.3, -0.25) is 0 Å². The molecule has 1 aromatic rings. The van der Waals surface area contributed by atoms with Crippen molar-refractivity contribution >= 4 is 23.4 Å². The largest absolute Gasteiger partial charge is 0.330 e. The maximum absolute atomic E-state index is 6.14. The zero-order chi connectivity index (χ0) is 11.8. The summed E-state index contributed by atoms with van der Waals surface area (Å²) in [5, 5.41) is 0.865. The molecule has 90 valence electrons. The minimum atomic E-state index is 0.555. The Bertz CT molecular complexity index is 304. The van der Waals surface area contributed by atoms with Crippen LogP contribution in [0.3, 0.4) is 0 Å². The first-order chi connectivity index (χ1) is 7.77. The second-order valence-electron chi connectivity index (χ2n) is 3.88. The molecule has 0 aromatic heterocycles. The zero-order valence-corrected chi connectivity index (χ0v) is 11.4. The highest BCUT2D eigenvalue weighted by atomic mass is 35.5. The van der Waals surface area contributed by atoms with E-state index in [0.29, 0.717) is 5.92 Å². The fourth-order valence-electron chi connectivity index (χ4n) is 1.67. The van der Waals surface area contributed by atoms with Gasteiger partial charge in [0.15, 0.2) is 0 Å². The molecule has 0 radical (unpaired) electrons. The van der Waals surface area contributed by atoms with E-state index in [1.54, 1.807) is 0 Å². The predicted octanol–water partition coefficient (Wildman–Crippen LogP) is 3.60. The fourth-order valence-corrected chi connectivity index (χ4v) is 2.67. The first kappa shape index (κ1) is 13.9. The van der Waals surface area contributed by atoms with Crippen LogP contribution in [0.25, 0.3) is 0 Å². The van der Waals surface area contributed by atoms with E-state index in [9.17, 15) is 0 Å². The molecule has 2 N–H and O–H groups in total. The summed E-state index contributed by atoms with van der Waals surface area (Å²) in [6, 6.07) is 8.05. The predicted molar refractivity (Wildman–Crippen MR) is 75.3 cm³/mol. The van der Waals surface area contributed by atoms with Gasteiger partial charge >= 0.3 is 0 Å². The van der Waals surface area contributed by atoms with Gasteiger partial charge in [0.25, 0.3) is 0 Å². The Labute approximate surface area is 108 Å². The van der Waals surface area contributed by atoms with Gasteiger partial charge in [-0.2, -0.15) is 11.8 Å². The van der Waals surface area contributed by atoms with Gasteiger partial charge in [-0.05, 0) is 48.4 Å². The van der Waals surface area contributed by atoms with Gasteiger partial charge in [0.1, 0.15) is 0 Å². The first-order valence-corrected chi connectivity index (χ1v) is 7.32. The van der Waals surface area contributed by atoms with Crippen molar-refractivity contribution in [3.63, 3.8) is 0 Å². The normalized spacial score (nSPS) is 12.7. The molecule has 0 saturated carbocycles. The molecule has 3 heteroatoms.